The summed E-state index contributed by atoms with van der Waals surface area (Å²) in [5.41, 5.74) is 0. The maximum Gasteiger partial charge on any atom is 0.220 e. The van der Waals surface area contributed by atoms with E-state index < -0.39 is 86.8 Å². The summed E-state index contributed by atoms with van der Waals surface area (Å²) in [6.07, 6.45) is 55.2. The van der Waals surface area contributed by atoms with Crippen LogP contribution in [0.3, 0.4) is 0 Å². The third kappa shape index (κ3) is 38.9. The van der Waals surface area contributed by atoms with Crippen molar-refractivity contribution >= 4 is 5.91 Å². The number of unbranched alkanes of at least 4 members (excludes halogenated alkanes) is 33. The highest BCUT2D eigenvalue weighted by molar-refractivity contribution is 5.76. The van der Waals surface area contributed by atoms with Crippen LogP contribution in [0.15, 0.2) is 60.8 Å². The number of hydrogen-bond donors (Lipinski definition) is 9. The molecule has 0 aromatic rings. The normalized spacial score (nSPS) is 24.0. The van der Waals surface area contributed by atoms with Crippen LogP contribution >= 0.6 is 0 Å². The lowest BCUT2D eigenvalue weighted by Gasteiger charge is -2.46. The molecule has 0 aromatic heterocycles. The highest BCUT2D eigenvalue weighted by Crippen LogP contribution is 2.30. The van der Waals surface area contributed by atoms with Gasteiger partial charge < -0.3 is 65.1 Å². The zero-order valence-corrected chi connectivity index (χ0v) is 53.1. The zero-order valence-electron chi connectivity index (χ0n) is 53.1. The highest BCUT2D eigenvalue weighted by atomic mass is 16.7. The smallest absolute Gasteiger partial charge is 0.220 e. The Morgan fingerprint density at radius 3 is 1.26 bits per heavy atom. The minimum Gasteiger partial charge on any atom is -0.394 e. The Bertz CT molecular complexity index is 1640. The van der Waals surface area contributed by atoms with Crippen molar-refractivity contribution in [3.05, 3.63) is 60.8 Å². The number of amides is 1. The van der Waals surface area contributed by atoms with E-state index in [4.69, 9.17) is 18.9 Å². The Labute approximate surface area is 511 Å². The first-order valence-electron chi connectivity index (χ1n) is 34.5. The van der Waals surface area contributed by atoms with Crippen LogP contribution in [0, 0.1) is 0 Å². The van der Waals surface area contributed by atoms with Gasteiger partial charge in [-0.05, 0) is 57.8 Å². The Hall–Kier alpha value is -2.31. The van der Waals surface area contributed by atoms with Crippen molar-refractivity contribution in [1.29, 1.82) is 0 Å². The SMILES string of the molecule is CC/C=C\C/C=C\C/C=C\C/C=C\C/C=C\CCCCCCCC(=O)NC(COC1OC(CO)C(OC2OC(CO)C(O)C(O)C2O)C(O)C1O)C(O)CCCCCCCCCCCCCCCCCCCCCCCCCCCCCCC. The predicted octanol–water partition coefficient (Wildman–Crippen LogP) is 13.7. The highest BCUT2D eigenvalue weighted by Gasteiger charge is 2.51. The molecule has 14 heteroatoms. The number of rotatable bonds is 56. The van der Waals surface area contributed by atoms with Crippen molar-refractivity contribution in [3.8, 4) is 0 Å². The molecule has 490 valence electrons. The molecular weight excluding hydrogens is 1060 g/mol. The van der Waals surface area contributed by atoms with Gasteiger partial charge in [-0.3, -0.25) is 4.79 Å². The van der Waals surface area contributed by atoms with E-state index in [2.05, 4.69) is 79.9 Å². The Morgan fingerprint density at radius 2 is 0.821 bits per heavy atom. The maximum atomic E-state index is 13.3. The molecular formula is C70H127NO13. The van der Waals surface area contributed by atoms with Crippen molar-refractivity contribution in [3.63, 3.8) is 0 Å². The van der Waals surface area contributed by atoms with Gasteiger partial charge in [0.2, 0.25) is 5.91 Å². The van der Waals surface area contributed by atoms with Crippen molar-refractivity contribution < 1.29 is 64.6 Å². The van der Waals surface area contributed by atoms with E-state index in [1.165, 1.54) is 161 Å². The molecule has 12 atom stereocenters. The quantitative estimate of drug-likeness (QED) is 0.0204. The van der Waals surface area contributed by atoms with Crippen molar-refractivity contribution in [2.45, 2.75) is 357 Å². The van der Waals surface area contributed by atoms with E-state index in [1.807, 2.05) is 0 Å². The second kappa shape index (κ2) is 54.8. The van der Waals surface area contributed by atoms with Crippen LogP contribution in [-0.2, 0) is 23.7 Å². The first-order chi connectivity index (χ1) is 41.1. The molecule has 0 aromatic carbocycles. The van der Waals surface area contributed by atoms with Crippen LogP contribution in [-0.4, -0.2) is 140 Å². The van der Waals surface area contributed by atoms with Gasteiger partial charge in [0.1, 0.15) is 48.8 Å². The number of carbonyl (C=O) groups excluding carboxylic acids is 1. The number of carbonyl (C=O) groups is 1. The molecule has 0 radical (unpaired) electrons. The van der Waals surface area contributed by atoms with Gasteiger partial charge in [-0.25, -0.2) is 0 Å². The summed E-state index contributed by atoms with van der Waals surface area (Å²) in [7, 11) is 0. The molecule has 2 fully saturated rings. The van der Waals surface area contributed by atoms with Crippen LogP contribution in [0.1, 0.15) is 284 Å². The first kappa shape index (κ1) is 77.8. The molecule has 9 N–H and O–H groups in total. The molecule has 2 heterocycles. The summed E-state index contributed by atoms with van der Waals surface area (Å²) in [6, 6.07) is -0.844. The molecule has 0 saturated carbocycles. The number of ether oxygens (including phenoxy) is 4. The molecule has 0 bridgehead atoms. The largest absolute Gasteiger partial charge is 0.394 e. The molecule has 0 aliphatic carbocycles. The second-order valence-corrected chi connectivity index (χ2v) is 24.3. The van der Waals surface area contributed by atoms with E-state index >= 15 is 0 Å². The molecule has 2 rings (SSSR count). The summed E-state index contributed by atoms with van der Waals surface area (Å²) in [6.45, 7) is 2.76. The third-order valence-electron chi connectivity index (χ3n) is 16.7. The minimum absolute atomic E-state index is 0.224. The molecule has 12 unspecified atom stereocenters. The lowest BCUT2D eigenvalue weighted by atomic mass is 9.97. The topological polar surface area (TPSA) is 228 Å². The van der Waals surface area contributed by atoms with Gasteiger partial charge in [-0.1, -0.05) is 280 Å². The fourth-order valence-electron chi connectivity index (χ4n) is 11.3. The fraction of sp³-hybridized carbons (Fsp3) is 0.843. The summed E-state index contributed by atoms with van der Waals surface area (Å²) in [5, 5.41) is 87.6. The van der Waals surface area contributed by atoms with Crippen molar-refractivity contribution in [2.24, 2.45) is 0 Å². The van der Waals surface area contributed by atoms with Gasteiger partial charge in [0, 0.05) is 6.42 Å². The number of aliphatic hydroxyl groups is 8. The Kier molecular flexibility index (Phi) is 50.8. The average molecular weight is 1190 g/mol. The van der Waals surface area contributed by atoms with E-state index in [9.17, 15) is 45.6 Å². The average Bonchev–Trinajstić information content (AvgIpc) is 3.18. The second-order valence-electron chi connectivity index (χ2n) is 24.3. The summed E-state index contributed by atoms with van der Waals surface area (Å²) in [5.74, 6) is -0.224. The van der Waals surface area contributed by atoms with E-state index in [0.29, 0.717) is 12.8 Å². The van der Waals surface area contributed by atoms with E-state index in [-0.39, 0.29) is 18.9 Å². The van der Waals surface area contributed by atoms with E-state index in [0.717, 1.165) is 89.9 Å². The first-order valence-corrected chi connectivity index (χ1v) is 34.5. The predicted molar refractivity (Wildman–Crippen MR) is 341 cm³/mol. The summed E-state index contributed by atoms with van der Waals surface area (Å²) in [4.78, 5) is 13.3. The third-order valence-corrected chi connectivity index (χ3v) is 16.7. The molecule has 1 amide bonds. The van der Waals surface area contributed by atoms with Gasteiger partial charge >= 0.3 is 0 Å². The molecule has 14 nitrogen and oxygen atoms in total. The zero-order chi connectivity index (χ0) is 60.9. The molecule has 0 spiro atoms. The van der Waals surface area contributed by atoms with Gasteiger partial charge in [-0.15, -0.1) is 0 Å². The molecule has 2 aliphatic rings. The maximum absolute atomic E-state index is 13.3. The summed E-state index contributed by atoms with van der Waals surface area (Å²) < 4.78 is 22.9. The van der Waals surface area contributed by atoms with Crippen LogP contribution in [0.5, 0.6) is 0 Å². The van der Waals surface area contributed by atoms with Gasteiger partial charge in [0.15, 0.2) is 12.6 Å². The molecule has 2 saturated heterocycles. The van der Waals surface area contributed by atoms with E-state index in [1.54, 1.807) is 0 Å². The lowest BCUT2D eigenvalue weighted by molar-refractivity contribution is -0.359. The molecule has 84 heavy (non-hydrogen) atoms. The van der Waals surface area contributed by atoms with Crippen LogP contribution in [0.4, 0.5) is 0 Å². The standard InChI is InChI=1S/C70H127NO13/c1-3-5-7-9-11-13-15-17-19-21-23-25-26-27-28-29-30-31-32-34-35-37-39-41-43-45-47-49-51-53-59(74)58(57-81-69-67(80)65(78)68(61(56-73)83-69)84-70-66(79)64(77)63(76)60(55-72)82-70)71-62(75)54-52-50-48-46-44-42-40-38-36-33-24-22-20-18-16-14-12-10-8-6-4-2/h6,8,12,14,18,20,24,33,38,40,58-61,63-70,72-74,76-80H,3-5,7,9-11,13,15-17,19,21-23,25-32,34-37,39,41-57H2,1-2H3,(H,71,75)/b8-6-,14-12-,20-18-,33-24-,40-38-. The van der Waals surface area contributed by atoms with Gasteiger partial charge in [0.05, 0.1) is 32.0 Å². The van der Waals surface area contributed by atoms with Crippen molar-refractivity contribution in [2.75, 3.05) is 19.8 Å². The number of aliphatic hydroxyl groups excluding tert-OH is 8. The van der Waals surface area contributed by atoms with Crippen LogP contribution in [0.2, 0.25) is 0 Å². The Morgan fingerprint density at radius 1 is 0.440 bits per heavy atom. The van der Waals surface area contributed by atoms with Crippen molar-refractivity contribution in [1.82, 2.24) is 5.32 Å². The Balaban J connectivity index is 1.68. The fourth-order valence-corrected chi connectivity index (χ4v) is 11.3. The minimum atomic E-state index is -1.79. The number of nitrogens with one attached hydrogen (secondary N) is 1. The van der Waals surface area contributed by atoms with Gasteiger partial charge in [-0.2, -0.15) is 0 Å². The van der Waals surface area contributed by atoms with Crippen LogP contribution in [0.25, 0.3) is 0 Å². The number of allylic oxidation sites excluding steroid dienone is 10. The lowest BCUT2D eigenvalue weighted by Crippen LogP contribution is -2.65. The summed E-state index contributed by atoms with van der Waals surface area (Å²) >= 11 is 0. The molecule has 2 aliphatic heterocycles. The number of hydrogen-bond acceptors (Lipinski definition) is 13. The van der Waals surface area contributed by atoms with Gasteiger partial charge in [0.25, 0.3) is 0 Å². The monoisotopic (exact) mass is 1190 g/mol. The van der Waals surface area contributed by atoms with Crippen LogP contribution < -0.4 is 5.32 Å².